The molecule has 1 aromatic heterocycles. The molecule has 2 heterocycles. The van der Waals surface area contributed by atoms with Crippen molar-refractivity contribution in [2.24, 2.45) is 0 Å². The van der Waals surface area contributed by atoms with E-state index < -0.39 is 0 Å². The second-order valence-corrected chi connectivity index (χ2v) is 3.21. The maximum absolute atomic E-state index is 5.66. The molecule has 0 amide bonds. The van der Waals surface area contributed by atoms with Gasteiger partial charge < -0.3 is 16.0 Å². The SMILES string of the molecule is Nc1cncc(N2CCNCC2)c1. The first-order valence-electron chi connectivity index (χ1n) is 4.52. The largest absolute Gasteiger partial charge is 0.397 e. The van der Waals surface area contributed by atoms with Gasteiger partial charge in [-0.15, -0.1) is 0 Å². The van der Waals surface area contributed by atoms with Crippen LogP contribution in [0.4, 0.5) is 11.4 Å². The molecule has 1 fully saturated rings. The summed E-state index contributed by atoms with van der Waals surface area (Å²) in [7, 11) is 0. The van der Waals surface area contributed by atoms with Gasteiger partial charge in [0.15, 0.2) is 0 Å². The Morgan fingerprint density at radius 1 is 1.31 bits per heavy atom. The highest BCUT2D eigenvalue weighted by molar-refractivity contribution is 5.53. The molecule has 1 saturated heterocycles. The van der Waals surface area contributed by atoms with Crippen LogP contribution in [0.15, 0.2) is 18.5 Å². The van der Waals surface area contributed by atoms with Crippen LogP contribution < -0.4 is 16.0 Å². The lowest BCUT2D eigenvalue weighted by molar-refractivity contribution is 0.589. The number of rotatable bonds is 1. The van der Waals surface area contributed by atoms with Crippen LogP contribution in [-0.2, 0) is 0 Å². The molecule has 2 rings (SSSR count). The average molecular weight is 178 g/mol. The second kappa shape index (κ2) is 3.62. The van der Waals surface area contributed by atoms with Gasteiger partial charge in [0.05, 0.1) is 17.6 Å². The lowest BCUT2D eigenvalue weighted by atomic mass is 10.3. The van der Waals surface area contributed by atoms with E-state index in [0.29, 0.717) is 0 Å². The maximum atomic E-state index is 5.66. The zero-order chi connectivity index (χ0) is 9.10. The highest BCUT2D eigenvalue weighted by atomic mass is 15.2. The first-order valence-corrected chi connectivity index (χ1v) is 4.52. The van der Waals surface area contributed by atoms with Crippen molar-refractivity contribution in [3.8, 4) is 0 Å². The Labute approximate surface area is 77.8 Å². The fraction of sp³-hybridized carbons (Fsp3) is 0.444. The standard InChI is InChI=1S/C9H14N4/c10-8-5-9(7-12-6-8)13-3-1-11-2-4-13/h5-7,11H,1-4,10H2. The van der Waals surface area contributed by atoms with Gasteiger partial charge in [-0.25, -0.2) is 0 Å². The Hall–Kier alpha value is -1.29. The van der Waals surface area contributed by atoms with E-state index in [4.69, 9.17) is 5.73 Å². The minimum Gasteiger partial charge on any atom is -0.397 e. The molecule has 0 atom stereocenters. The van der Waals surface area contributed by atoms with Crippen molar-refractivity contribution in [3.05, 3.63) is 18.5 Å². The number of anilines is 2. The van der Waals surface area contributed by atoms with Gasteiger partial charge in [0.1, 0.15) is 0 Å². The van der Waals surface area contributed by atoms with E-state index in [0.717, 1.165) is 37.6 Å². The lowest BCUT2D eigenvalue weighted by Crippen LogP contribution is -2.43. The molecule has 70 valence electrons. The number of nitrogens with one attached hydrogen (secondary N) is 1. The van der Waals surface area contributed by atoms with Crippen LogP contribution in [0, 0.1) is 0 Å². The minimum atomic E-state index is 0.732. The Morgan fingerprint density at radius 2 is 2.08 bits per heavy atom. The zero-order valence-electron chi connectivity index (χ0n) is 7.53. The van der Waals surface area contributed by atoms with E-state index in [9.17, 15) is 0 Å². The monoisotopic (exact) mass is 178 g/mol. The van der Waals surface area contributed by atoms with Crippen molar-refractivity contribution in [3.63, 3.8) is 0 Å². The molecule has 1 aromatic rings. The number of nitrogen functional groups attached to an aromatic ring is 1. The molecule has 1 aliphatic rings. The summed E-state index contributed by atoms with van der Waals surface area (Å²) in [6.07, 6.45) is 3.54. The first-order chi connectivity index (χ1) is 6.36. The van der Waals surface area contributed by atoms with Gasteiger partial charge in [-0.05, 0) is 6.07 Å². The molecular weight excluding hydrogens is 164 g/mol. The summed E-state index contributed by atoms with van der Waals surface area (Å²) in [6, 6.07) is 1.97. The number of aromatic nitrogens is 1. The number of nitrogens with two attached hydrogens (primary N) is 1. The second-order valence-electron chi connectivity index (χ2n) is 3.21. The Kier molecular flexibility index (Phi) is 2.31. The normalized spacial score (nSPS) is 17.4. The van der Waals surface area contributed by atoms with E-state index in [1.165, 1.54) is 0 Å². The maximum Gasteiger partial charge on any atom is 0.0574 e. The quantitative estimate of drug-likeness (QED) is 0.639. The average Bonchev–Trinajstić information content (AvgIpc) is 2.19. The van der Waals surface area contributed by atoms with Gasteiger partial charge >= 0.3 is 0 Å². The smallest absolute Gasteiger partial charge is 0.0574 e. The van der Waals surface area contributed by atoms with E-state index in [1.54, 1.807) is 6.20 Å². The topological polar surface area (TPSA) is 54.2 Å². The fourth-order valence-electron chi connectivity index (χ4n) is 1.54. The predicted octanol–water partition coefficient (Wildman–Crippen LogP) is 0.0734. The molecule has 0 aliphatic carbocycles. The van der Waals surface area contributed by atoms with Crippen LogP contribution >= 0.6 is 0 Å². The van der Waals surface area contributed by atoms with Crippen molar-refractivity contribution in [2.45, 2.75) is 0 Å². The van der Waals surface area contributed by atoms with E-state index in [1.807, 2.05) is 12.3 Å². The molecule has 13 heavy (non-hydrogen) atoms. The van der Waals surface area contributed by atoms with Crippen LogP contribution in [0.5, 0.6) is 0 Å². The molecular formula is C9H14N4. The summed E-state index contributed by atoms with van der Waals surface area (Å²) in [6.45, 7) is 4.14. The number of piperazine rings is 1. The van der Waals surface area contributed by atoms with Crippen molar-refractivity contribution >= 4 is 11.4 Å². The molecule has 4 nitrogen and oxygen atoms in total. The number of pyridine rings is 1. The molecule has 4 heteroatoms. The summed E-state index contributed by atoms with van der Waals surface area (Å²) in [4.78, 5) is 6.36. The van der Waals surface area contributed by atoms with E-state index in [2.05, 4.69) is 15.2 Å². The summed E-state index contributed by atoms with van der Waals surface area (Å²) in [5.74, 6) is 0. The van der Waals surface area contributed by atoms with E-state index >= 15 is 0 Å². The third-order valence-corrected chi connectivity index (χ3v) is 2.23. The summed E-state index contributed by atoms with van der Waals surface area (Å²) < 4.78 is 0. The highest BCUT2D eigenvalue weighted by Crippen LogP contribution is 2.15. The number of nitrogens with zero attached hydrogens (tertiary/aromatic N) is 2. The third-order valence-electron chi connectivity index (χ3n) is 2.23. The predicted molar refractivity (Wildman–Crippen MR) is 53.7 cm³/mol. The van der Waals surface area contributed by atoms with Gasteiger partial charge in [0.2, 0.25) is 0 Å². The van der Waals surface area contributed by atoms with Gasteiger partial charge in [-0.2, -0.15) is 0 Å². The zero-order valence-corrected chi connectivity index (χ0v) is 7.53. The summed E-state index contributed by atoms with van der Waals surface area (Å²) in [5.41, 5.74) is 7.52. The Balaban J connectivity index is 2.14. The summed E-state index contributed by atoms with van der Waals surface area (Å²) >= 11 is 0. The van der Waals surface area contributed by atoms with Crippen molar-refractivity contribution in [1.29, 1.82) is 0 Å². The van der Waals surface area contributed by atoms with Gasteiger partial charge in [0, 0.05) is 32.4 Å². The van der Waals surface area contributed by atoms with Gasteiger partial charge in [0.25, 0.3) is 0 Å². The van der Waals surface area contributed by atoms with E-state index in [-0.39, 0.29) is 0 Å². The molecule has 0 bridgehead atoms. The van der Waals surface area contributed by atoms with Crippen LogP contribution in [0.2, 0.25) is 0 Å². The molecule has 0 radical (unpaired) electrons. The van der Waals surface area contributed by atoms with Crippen molar-refractivity contribution in [1.82, 2.24) is 10.3 Å². The molecule has 0 aromatic carbocycles. The molecule has 0 unspecified atom stereocenters. The van der Waals surface area contributed by atoms with Crippen molar-refractivity contribution in [2.75, 3.05) is 36.8 Å². The Morgan fingerprint density at radius 3 is 2.77 bits per heavy atom. The Bertz CT molecular complexity index is 281. The molecule has 1 aliphatic heterocycles. The molecule has 3 N–H and O–H groups in total. The van der Waals surface area contributed by atoms with Crippen LogP contribution in [0.3, 0.4) is 0 Å². The third kappa shape index (κ3) is 1.89. The fourth-order valence-corrected chi connectivity index (χ4v) is 1.54. The summed E-state index contributed by atoms with van der Waals surface area (Å²) in [5, 5.41) is 3.31. The van der Waals surface area contributed by atoms with Gasteiger partial charge in [-0.1, -0.05) is 0 Å². The molecule has 0 saturated carbocycles. The number of hydrogen-bond acceptors (Lipinski definition) is 4. The highest BCUT2D eigenvalue weighted by Gasteiger charge is 2.10. The van der Waals surface area contributed by atoms with Crippen LogP contribution in [0.25, 0.3) is 0 Å². The number of hydrogen-bond donors (Lipinski definition) is 2. The van der Waals surface area contributed by atoms with Crippen LogP contribution in [-0.4, -0.2) is 31.2 Å². The van der Waals surface area contributed by atoms with Gasteiger partial charge in [-0.3, -0.25) is 4.98 Å². The molecule has 0 spiro atoms. The lowest BCUT2D eigenvalue weighted by Gasteiger charge is -2.29. The minimum absolute atomic E-state index is 0.732. The van der Waals surface area contributed by atoms with Crippen LogP contribution in [0.1, 0.15) is 0 Å². The van der Waals surface area contributed by atoms with Crippen molar-refractivity contribution < 1.29 is 0 Å². The first kappa shape index (κ1) is 8.31.